The molecule has 0 aromatic heterocycles. The van der Waals surface area contributed by atoms with E-state index in [-0.39, 0.29) is 5.02 Å². The minimum Gasteiger partial charge on any atom is -0.355 e. The monoisotopic (exact) mass is 280 g/mol. The van der Waals surface area contributed by atoms with E-state index < -0.39 is 5.82 Å². The predicted octanol–water partition coefficient (Wildman–Crippen LogP) is 4.75. The van der Waals surface area contributed by atoms with Crippen molar-refractivity contribution < 1.29 is 4.39 Å². The SMILES string of the molecule is N#Cc1ccc(Nc2ccc(Cl)c(F)c2)cc1Cl. The smallest absolute Gasteiger partial charge is 0.143 e. The Morgan fingerprint density at radius 1 is 1.00 bits per heavy atom. The lowest BCUT2D eigenvalue weighted by Crippen LogP contribution is -1.92. The van der Waals surface area contributed by atoms with Gasteiger partial charge in [0.05, 0.1) is 15.6 Å². The van der Waals surface area contributed by atoms with Crippen molar-refractivity contribution in [3.8, 4) is 6.07 Å². The Morgan fingerprint density at radius 2 is 1.67 bits per heavy atom. The number of nitrogens with one attached hydrogen (secondary N) is 1. The normalized spacial score (nSPS) is 9.89. The van der Waals surface area contributed by atoms with Crippen LogP contribution in [0.5, 0.6) is 0 Å². The molecular weight excluding hydrogens is 274 g/mol. The first-order valence-electron chi connectivity index (χ1n) is 5.02. The van der Waals surface area contributed by atoms with E-state index in [1.54, 1.807) is 24.3 Å². The lowest BCUT2D eigenvalue weighted by molar-refractivity contribution is 0.629. The highest BCUT2D eigenvalue weighted by Crippen LogP contribution is 2.25. The third-order valence-corrected chi connectivity index (χ3v) is 2.92. The molecule has 90 valence electrons. The van der Waals surface area contributed by atoms with Gasteiger partial charge in [-0.3, -0.25) is 0 Å². The summed E-state index contributed by atoms with van der Waals surface area (Å²) in [7, 11) is 0. The molecule has 18 heavy (non-hydrogen) atoms. The number of hydrogen-bond donors (Lipinski definition) is 1. The molecule has 5 heteroatoms. The molecule has 0 bridgehead atoms. The van der Waals surface area contributed by atoms with Crippen LogP contribution in [0.4, 0.5) is 15.8 Å². The Morgan fingerprint density at radius 3 is 2.28 bits per heavy atom. The molecular formula is C13H7Cl2FN2. The summed E-state index contributed by atoms with van der Waals surface area (Å²) in [6.45, 7) is 0. The highest BCUT2D eigenvalue weighted by molar-refractivity contribution is 6.32. The van der Waals surface area contributed by atoms with Gasteiger partial charge in [-0.15, -0.1) is 0 Å². The summed E-state index contributed by atoms with van der Waals surface area (Å²) in [5, 5.41) is 12.1. The third-order valence-electron chi connectivity index (χ3n) is 2.30. The molecule has 0 heterocycles. The first-order chi connectivity index (χ1) is 8.60. The standard InChI is InChI=1S/C13H7Cl2FN2/c14-11-4-3-10(6-13(11)16)18-9-2-1-8(7-17)12(15)5-9/h1-6,18H. The van der Waals surface area contributed by atoms with Crippen molar-refractivity contribution in [1.82, 2.24) is 0 Å². The number of nitrogens with zero attached hydrogens (tertiary/aromatic N) is 1. The molecule has 0 aliphatic carbocycles. The van der Waals surface area contributed by atoms with Crippen LogP contribution in [0.15, 0.2) is 36.4 Å². The molecule has 2 aromatic rings. The van der Waals surface area contributed by atoms with Crippen LogP contribution in [0.3, 0.4) is 0 Å². The second-order valence-corrected chi connectivity index (χ2v) is 4.37. The summed E-state index contributed by atoms with van der Waals surface area (Å²) in [6, 6.07) is 11.3. The molecule has 0 radical (unpaired) electrons. The molecule has 0 aliphatic heterocycles. The fourth-order valence-electron chi connectivity index (χ4n) is 1.42. The van der Waals surface area contributed by atoms with Gasteiger partial charge < -0.3 is 5.32 Å². The molecule has 1 N–H and O–H groups in total. The molecule has 2 rings (SSSR count). The lowest BCUT2D eigenvalue weighted by Gasteiger charge is -2.07. The molecule has 0 saturated carbocycles. The first-order valence-corrected chi connectivity index (χ1v) is 5.77. The summed E-state index contributed by atoms with van der Waals surface area (Å²) < 4.78 is 13.2. The third kappa shape index (κ3) is 2.73. The highest BCUT2D eigenvalue weighted by atomic mass is 35.5. The summed E-state index contributed by atoms with van der Waals surface area (Å²) in [5.74, 6) is -0.499. The second kappa shape index (κ2) is 5.26. The van der Waals surface area contributed by atoms with E-state index in [1.165, 1.54) is 12.1 Å². The number of hydrogen-bond acceptors (Lipinski definition) is 2. The van der Waals surface area contributed by atoms with Gasteiger partial charge in [0.25, 0.3) is 0 Å². The van der Waals surface area contributed by atoms with Crippen molar-refractivity contribution in [1.29, 1.82) is 5.26 Å². The van der Waals surface area contributed by atoms with Crippen molar-refractivity contribution >= 4 is 34.6 Å². The van der Waals surface area contributed by atoms with Crippen molar-refractivity contribution in [2.75, 3.05) is 5.32 Å². The van der Waals surface area contributed by atoms with Gasteiger partial charge >= 0.3 is 0 Å². The zero-order valence-electron chi connectivity index (χ0n) is 9.05. The summed E-state index contributed by atoms with van der Waals surface area (Å²) >= 11 is 11.5. The van der Waals surface area contributed by atoms with Gasteiger partial charge in [0.2, 0.25) is 0 Å². The van der Waals surface area contributed by atoms with Gasteiger partial charge in [-0.05, 0) is 36.4 Å². The van der Waals surface area contributed by atoms with Gasteiger partial charge in [-0.25, -0.2) is 4.39 Å². The molecule has 0 amide bonds. The van der Waals surface area contributed by atoms with Gasteiger partial charge in [0, 0.05) is 11.4 Å². The zero-order valence-corrected chi connectivity index (χ0v) is 10.6. The Hall–Kier alpha value is -1.76. The molecule has 0 saturated heterocycles. The van der Waals surface area contributed by atoms with E-state index in [0.29, 0.717) is 22.0 Å². The molecule has 0 spiro atoms. The zero-order chi connectivity index (χ0) is 13.1. The number of nitriles is 1. The molecule has 2 nitrogen and oxygen atoms in total. The maximum absolute atomic E-state index is 13.2. The lowest BCUT2D eigenvalue weighted by atomic mass is 10.2. The number of benzene rings is 2. The van der Waals surface area contributed by atoms with Crippen LogP contribution in [0, 0.1) is 17.1 Å². The molecule has 0 unspecified atom stereocenters. The minimum atomic E-state index is -0.499. The molecule has 2 aromatic carbocycles. The molecule has 0 atom stereocenters. The summed E-state index contributed by atoms with van der Waals surface area (Å²) in [4.78, 5) is 0. The largest absolute Gasteiger partial charge is 0.355 e. The maximum atomic E-state index is 13.2. The second-order valence-electron chi connectivity index (χ2n) is 3.56. The van der Waals surface area contributed by atoms with Crippen LogP contribution in [-0.4, -0.2) is 0 Å². The van der Waals surface area contributed by atoms with Gasteiger partial charge in [0.15, 0.2) is 0 Å². The summed E-state index contributed by atoms with van der Waals surface area (Å²) in [6.07, 6.45) is 0. The van der Waals surface area contributed by atoms with Gasteiger partial charge in [-0.2, -0.15) is 5.26 Å². The Kier molecular flexibility index (Phi) is 3.71. The van der Waals surface area contributed by atoms with E-state index in [4.69, 9.17) is 28.5 Å². The quantitative estimate of drug-likeness (QED) is 0.862. The van der Waals surface area contributed by atoms with Crippen LogP contribution < -0.4 is 5.32 Å². The van der Waals surface area contributed by atoms with Gasteiger partial charge in [0.1, 0.15) is 11.9 Å². The number of anilines is 2. The van der Waals surface area contributed by atoms with Crippen LogP contribution in [0.2, 0.25) is 10.0 Å². The van der Waals surface area contributed by atoms with Crippen LogP contribution in [-0.2, 0) is 0 Å². The van der Waals surface area contributed by atoms with E-state index in [1.807, 2.05) is 6.07 Å². The number of halogens is 3. The van der Waals surface area contributed by atoms with E-state index >= 15 is 0 Å². The van der Waals surface area contributed by atoms with Crippen molar-refractivity contribution in [2.24, 2.45) is 0 Å². The average Bonchev–Trinajstić information content (AvgIpc) is 2.34. The van der Waals surface area contributed by atoms with Crippen LogP contribution in [0.25, 0.3) is 0 Å². The maximum Gasteiger partial charge on any atom is 0.143 e. The number of rotatable bonds is 2. The Labute approximate surface area is 114 Å². The molecule has 0 aliphatic rings. The fourth-order valence-corrected chi connectivity index (χ4v) is 1.76. The van der Waals surface area contributed by atoms with E-state index in [2.05, 4.69) is 5.32 Å². The van der Waals surface area contributed by atoms with Gasteiger partial charge in [-0.1, -0.05) is 23.2 Å². The van der Waals surface area contributed by atoms with E-state index in [9.17, 15) is 4.39 Å². The average molecular weight is 281 g/mol. The van der Waals surface area contributed by atoms with Crippen molar-refractivity contribution in [3.63, 3.8) is 0 Å². The van der Waals surface area contributed by atoms with Crippen molar-refractivity contribution in [2.45, 2.75) is 0 Å². The topological polar surface area (TPSA) is 35.8 Å². The minimum absolute atomic E-state index is 0.0680. The van der Waals surface area contributed by atoms with Crippen LogP contribution >= 0.6 is 23.2 Å². The molecule has 0 fully saturated rings. The fraction of sp³-hybridized carbons (Fsp3) is 0. The van der Waals surface area contributed by atoms with Crippen LogP contribution in [0.1, 0.15) is 5.56 Å². The van der Waals surface area contributed by atoms with Crippen molar-refractivity contribution in [3.05, 3.63) is 57.8 Å². The Bertz CT molecular complexity index is 635. The first kappa shape index (κ1) is 12.7. The Balaban J connectivity index is 2.26. The predicted molar refractivity (Wildman–Crippen MR) is 70.9 cm³/mol. The summed E-state index contributed by atoms with van der Waals surface area (Å²) in [5.41, 5.74) is 1.61. The highest BCUT2D eigenvalue weighted by Gasteiger charge is 2.04. The van der Waals surface area contributed by atoms with E-state index in [0.717, 1.165) is 0 Å².